The summed E-state index contributed by atoms with van der Waals surface area (Å²) in [6.07, 6.45) is 2.52. The molecule has 2 aromatic rings. The molecule has 2 heterocycles. The van der Waals surface area contributed by atoms with Crippen molar-refractivity contribution >= 4 is 10.9 Å². The first kappa shape index (κ1) is 12.6. The summed E-state index contributed by atoms with van der Waals surface area (Å²) >= 11 is 0. The van der Waals surface area contributed by atoms with Gasteiger partial charge in [0, 0.05) is 17.5 Å². The molecular weight excluding hydrogens is 236 g/mol. The lowest BCUT2D eigenvalue weighted by molar-refractivity contribution is 0.0883. The number of hydrogen-bond donors (Lipinski definition) is 2. The minimum Gasteiger partial charge on any atom is -0.392 e. The predicted molar refractivity (Wildman–Crippen MR) is 77.0 cm³/mol. The van der Waals surface area contributed by atoms with Gasteiger partial charge in [-0.3, -0.25) is 4.98 Å². The van der Waals surface area contributed by atoms with Crippen molar-refractivity contribution in [1.29, 1.82) is 0 Å². The van der Waals surface area contributed by atoms with Crippen molar-refractivity contribution in [3.05, 3.63) is 42.1 Å². The van der Waals surface area contributed by atoms with Crippen molar-refractivity contribution in [2.24, 2.45) is 5.92 Å². The Bertz CT molecular complexity index is 549. The molecule has 1 unspecified atom stereocenters. The quantitative estimate of drug-likeness (QED) is 0.884. The van der Waals surface area contributed by atoms with Crippen LogP contribution in [0.1, 0.15) is 18.5 Å². The Morgan fingerprint density at radius 1 is 1.16 bits per heavy atom. The summed E-state index contributed by atoms with van der Waals surface area (Å²) in [4.78, 5) is 4.63. The number of aromatic nitrogens is 1. The van der Waals surface area contributed by atoms with Gasteiger partial charge >= 0.3 is 0 Å². The van der Waals surface area contributed by atoms with Crippen LogP contribution in [0.5, 0.6) is 0 Å². The zero-order chi connectivity index (χ0) is 13.1. The fourth-order valence-corrected chi connectivity index (χ4v) is 2.83. The van der Waals surface area contributed by atoms with Gasteiger partial charge in [0.05, 0.1) is 11.6 Å². The molecule has 0 bridgehead atoms. The third-order valence-electron chi connectivity index (χ3n) is 4.00. The Morgan fingerprint density at radius 3 is 2.79 bits per heavy atom. The Balaban J connectivity index is 1.73. The topological polar surface area (TPSA) is 45.2 Å². The number of rotatable bonds is 3. The lowest BCUT2D eigenvalue weighted by Crippen LogP contribution is -2.35. The predicted octanol–water partition coefficient (Wildman–Crippen LogP) is 2.14. The minimum atomic E-state index is -0.268. The van der Waals surface area contributed by atoms with Gasteiger partial charge in [0.2, 0.25) is 0 Å². The molecule has 1 saturated heterocycles. The molecule has 0 spiro atoms. The van der Waals surface area contributed by atoms with E-state index in [1.807, 2.05) is 24.3 Å². The zero-order valence-corrected chi connectivity index (χ0v) is 11.0. The average molecular weight is 256 g/mol. The van der Waals surface area contributed by atoms with Crippen LogP contribution in [0.4, 0.5) is 0 Å². The van der Waals surface area contributed by atoms with Gasteiger partial charge in [-0.15, -0.1) is 0 Å². The number of para-hydroxylation sites is 1. The second-order valence-electron chi connectivity index (χ2n) is 5.35. The number of piperidine rings is 1. The fraction of sp³-hybridized carbons (Fsp3) is 0.438. The number of aliphatic hydroxyl groups is 1. The molecule has 2 N–H and O–H groups in total. The Labute approximate surface area is 113 Å². The number of nitrogens with one attached hydrogen (secondary N) is 1. The molecule has 1 aliphatic heterocycles. The molecule has 19 heavy (non-hydrogen) atoms. The summed E-state index contributed by atoms with van der Waals surface area (Å²) in [5.74, 6) is 0.412. The summed E-state index contributed by atoms with van der Waals surface area (Å²) < 4.78 is 0. The first-order chi connectivity index (χ1) is 9.33. The van der Waals surface area contributed by atoms with Crippen molar-refractivity contribution < 1.29 is 5.11 Å². The van der Waals surface area contributed by atoms with E-state index in [1.165, 1.54) is 0 Å². The Kier molecular flexibility index (Phi) is 3.76. The van der Waals surface area contributed by atoms with E-state index >= 15 is 0 Å². The molecule has 0 radical (unpaired) electrons. The molecule has 1 aliphatic rings. The van der Waals surface area contributed by atoms with Gasteiger partial charge in [-0.1, -0.05) is 24.3 Å². The molecule has 100 valence electrons. The van der Waals surface area contributed by atoms with Gasteiger partial charge < -0.3 is 10.4 Å². The summed E-state index contributed by atoms with van der Waals surface area (Å²) in [5.41, 5.74) is 2.00. The van der Waals surface area contributed by atoms with Crippen molar-refractivity contribution in [1.82, 2.24) is 10.3 Å². The van der Waals surface area contributed by atoms with E-state index in [9.17, 15) is 5.11 Å². The van der Waals surface area contributed by atoms with E-state index in [1.54, 1.807) is 0 Å². The van der Waals surface area contributed by atoms with Gasteiger partial charge in [-0.2, -0.15) is 0 Å². The monoisotopic (exact) mass is 256 g/mol. The molecular formula is C16H20N2O. The lowest BCUT2D eigenvalue weighted by Gasteiger charge is -2.27. The van der Waals surface area contributed by atoms with Crippen molar-refractivity contribution in [3.63, 3.8) is 0 Å². The molecule has 3 rings (SSSR count). The average Bonchev–Trinajstić information content (AvgIpc) is 2.48. The lowest BCUT2D eigenvalue weighted by atomic mass is 9.89. The molecule has 1 fully saturated rings. The largest absolute Gasteiger partial charge is 0.392 e. The summed E-state index contributed by atoms with van der Waals surface area (Å²) in [6, 6.07) is 12.2. The highest BCUT2D eigenvalue weighted by Crippen LogP contribution is 2.20. The molecule has 0 amide bonds. The molecule has 3 heteroatoms. The van der Waals surface area contributed by atoms with E-state index in [2.05, 4.69) is 22.4 Å². The first-order valence-electron chi connectivity index (χ1n) is 7.06. The van der Waals surface area contributed by atoms with Crippen LogP contribution in [0.2, 0.25) is 0 Å². The van der Waals surface area contributed by atoms with Crippen LogP contribution in [-0.2, 0) is 6.42 Å². The smallest absolute Gasteiger partial charge is 0.0705 e. The highest BCUT2D eigenvalue weighted by Gasteiger charge is 2.22. The second-order valence-corrected chi connectivity index (χ2v) is 5.35. The van der Waals surface area contributed by atoms with E-state index in [4.69, 9.17) is 0 Å². The molecule has 3 nitrogen and oxygen atoms in total. The fourth-order valence-electron chi connectivity index (χ4n) is 2.83. The number of benzene rings is 1. The highest BCUT2D eigenvalue weighted by molar-refractivity contribution is 5.78. The summed E-state index contributed by atoms with van der Waals surface area (Å²) in [6.45, 7) is 2.04. The maximum absolute atomic E-state index is 10.3. The SMILES string of the molecule is OC(Cc1ccc2ccccc2n1)C1CCNCC1. The standard InChI is InChI=1S/C16H20N2O/c19-16(13-7-9-17-10-8-13)11-14-6-5-12-3-1-2-4-15(12)18-14/h1-6,13,16-17,19H,7-11H2. The number of nitrogens with zero attached hydrogens (tertiary/aromatic N) is 1. The van der Waals surface area contributed by atoms with Crippen LogP contribution in [-0.4, -0.2) is 29.3 Å². The third-order valence-corrected chi connectivity index (χ3v) is 4.00. The molecule has 0 saturated carbocycles. The summed E-state index contributed by atoms with van der Waals surface area (Å²) in [7, 11) is 0. The molecule has 1 aromatic heterocycles. The van der Waals surface area contributed by atoms with Gasteiger partial charge in [0.15, 0.2) is 0 Å². The van der Waals surface area contributed by atoms with Crippen LogP contribution in [0.25, 0.3) is 10.9 Å². The zero-order valence-electron chi connectivity index (χ0n) is 11.0. The minimum absolute atomic E-state index is 0.268. The Hall–Kier alpha value is -1.45. The first-order valence-corrected chi connectivity index (χ1v) is 7.06. The van der Waals surface area contributed by atoms with E-state index in [0.29, 0.717) is 12.3 Å². The van der Waals surface area contributed by atoms with E-state index in [0.717, 1.165) is 42.5 Å². The number of fused-ring (bicyclic) bond motifs is 1. The number of hydrogen-bond acceptors (Lipinski definition) is 3. The van der Waals surface area contributed by atoms with Crippen LogP contribution in [0.15, 0.2) is 36.4 Å². The van der Waals surface area contributed by atoms with Gasteiger partial charge in [0.25, 0.3) is 0 Å². The van der Waals surface area contributed by atoms with Gasteiger partial charge in [-0.25, -0.2) is 0 Å². The van der Waals surface area contributed by atoms with E-state index in [-0.39, 0.29) is 6.10 Å². The van der Waals surface area contributed by atoms with Crippen molar-refractivity contribution in [2.45, 2.75) is 25.4 Å². The van der Waals surface area contributed by atoms with Crippen LogP contribution in [0, 0.1) is 5.92 Å². The maximum atomic E-state index is 10.3. The number of aliphatic hydroxyl groups excluding tert-OH is 1. The van der Waals surface area contributed by atoms with E-state index < -0.39 is 0 Å². The number of pyridine rings is 1. The second kappa shape index (κ2) is 5.68. The maximum Gasteiger partial charge on any atom is 0.0705 e. The van der Waals surface area contributed by atoms with Crippen molar-refractivity contribution in [3.8, 4) is 0 Å². The normalized spacial score (nSPS) is 18.6. The van der Waals surface area contributed by atoms with Crippen molar-refractivity contribution in [2.75, 3.05) is 13.1 Å². The van der Waals surface area contributed by atoms with Crippen LogP contribution >= 0.6 is 0 Å². The molecule has 1 aromatic carbocycles. The van der Waals surface area contributed by atoms with Gasteiger partial charge in [0.1, 0.15) is 0 Å². The Morgan fingerprint density at radius 2 is 1.95 bits per heavy atom. The van der Waals surface area contributed by atoms with Crippen LogP contribution < -0.4 is 5.32 Å². The third kappa shape index (κ3) is 2.94. The molecule has 0 aliphatic carbocycles. The highest BCUT2D eigenvalue weighted by atomic mass is 16.3. The van der Waals surface area contributed by atoms with Crippen LogP contribution in [0.3, 0.4) is 0 Å². The summed E-state index contributed by atoms with van der Waals surface area (Å²) in [5, 5.41) is 14.8. The molecule has 1 atom stereocenters. The van der Waals surface area contributed by atoms with Gasteiger partial charge in [-0.05, 0) is 44.0 Å².